The van der Waals surface area contributed by atoms with Crippen LogP contribution in [0.1, 0.15) is 37.8 Å². The van der Waals surface area contributed by atoms with Gasteiger partial charge in [-0.05, 0) is 51.8 Å². The summed E-state index contributed by atoms with van der Waals surface area (Å²) in [5.41, 5.74) is 2.26. The average Bonchev–Trinajstić information content (AvgIpc) is 3.20. The van der Waals surface area contributed by atoms with Gasteiger partial charge in [0, 0.05) is 45.0 Å². The van der Waals surface area contributed by atoms with Crippen molar-refractivity contribution in [1.82, 2.24) is 15.5 Å². The van der Waals surface area contributed by atoms with E-state index in [-0.39, 0.29) is 24.0 Å². The second-order valence-corrected chi connectivity index (χ2v) is 7.56. The lowest BCUT2D eigenvalue weighted by molar-refractivity contribution is 0.110. The van der Waals surface area contributed by atoms with Crippen LogP contribution in [0.25, 0.3) is 0 Å². The summed E-state index contributed by atoms with van der Waals surface area (Å²) in [5.74, 6) is 1.73. The first kappa shape index (κ1) is 27.9. The van der Waals surface area contributed by atoms with Crippen molar-refractivity contribution in [2.45, 2.75) is 46.2 Å². The number of methoxy groups -OCH3 is 1. The van der Waals surface area contributed by atoms with Gasteiger partial charge in [-0.3, -0.25) is 4.90 Å². The molecule has 1 atom stereocenters. The highest BCUT2D eigenvalue weighted by molar-refractivity contribution is 14.0. The number of hydrogen-bond acceptors (Lipinski definition) is 5. The van der Waals surface area contributed by atoms with Gasteiger partial charge in [0.25, 0.3) is 0 Å². The summed E-state index contributed by atoms with van der Waals surface area (Å²) >= 11 is 0. The predicted octanol–water partition coefficient (Wildman–Crippen LogP) is 3.19. The van der Waals surface area contributed by atoms with Crippen molar-refractivity contribution in [2.75, 3.05) is 59.7 Å². The Bertz CT molecular complexity index is 645. The number of nitrogens with zero attached hydrogens (tertiary/aromatic N) is 2. The van der Waals surface area contributed by atoms with Crippen molar-refractivity contribution >= 4 is 29.9 Å². The maximum absolute atomic E-state index is 5.95. The molecule has 1 fully saturated rings. The number of aryl methyl sites for hydroxylation is 1. The highest BCUT2D eigenvalue weighted by atomic mass is 127. The molecule has 1 aliphatic heterocycles. The molecule has 0 bridgehead atoms. The average molecular weight is 549 g/mol. The Hall–Kier alpha value is -1.10. The molecule has 2 N–H and O–H groups in total. The van der Waals surface area contributed by atoms with Gasteiger partial charge in [-0.25, -0.2) is 4.99 Å². The summed E-state index contributed by atoms with van der Waals surface area (Å²) in [4.78, 5) is 7.31. The molecule has 1 saturated heterocycles. The molecule has 1 unspecified atom stereocenters. The lowest BCUT2D eigenvalue weighted by Gasteiger charge is -2.25. The van der Waals surface area contributed by atoms with Crippen LogP contribution in [0.2, 0.25) is 0 Å². The topological polar surface area (TPSA) is 67.4 Å². The Labute approximate surface area is 205 Å². The number of likely N-dealkylation sites (tertiary alicyclic amines) is 1. The van der Waals surface area contributed by atoms with E-state index >= 15 is 0 Å². The third-order valence-electron chi connectivity index (χ3n) is 5.25. The molecular formula is C23H41IN4O3. The van der Waals surface area contributed by atoms with Gasteiger partial charge in [0.2, 0.25) is 0 Å². The van der Waals surface area contributed by atoms with Gasteiger partial charge < -0.3 is 24.8 Å². The van der Waals surface area contributed by atoms with Crippen molar-refractivity contribution < 1.29 is 14.2 Å². The number of halogens is 1. The molecule has 178 valence electrons. The number of ether oxygens (including phenoxy) is 3. The highest BCUT2D eigenvalue weighted by Crippen LogP contribution is 2.21. The van der Waals surface area contributed by atoms with Crippen molar-refractivity contribution in [1.29, 1.82) is 0 Å². The Morgan fingerprint density at radius 2 is 2.03 bits per heavy atom. The van der Waals surface area contributed by atoms with Crippen LogP contribution < -0.4 is 15.4 Å². The number of benzene rings is 1. The fourth-order valence-corrected chi connectivity index (χ4v) is 3.63. The summed E-state index contributed by atoms with van der Waals surface area (Å²) in [6, 6.07) is 6.80. The summed E-state index contributed by atoms with van der Waals surface area (Å²) in [7, 11) is 1.76. The van der Waals surface area contributed by atoms with E-state index in [0.29, 0.717) is 32.4 Å². The first-order valence-electron chi connectivity index (χ1n) is 11.2. The number of aliphatic imine (C=N–C) groups is 1. The molecule has 0 amide bonds. The zero-order valence-corrected chi connectivity index (χ0v) is 21.9. The molecule has 0 spiro atoms. The molecule has 1 heterocycles. The number of guanidine groups is 1. The van der Waals surface area contributed by atoms with E-state index in [1.54, 1.807) is 7.11 Å². The van der Waals surface area contributed by atoms with Crippen LogP contribution in [-0.4, -0.2) is 76.6 Å². The molecule has 0 saturated carbocycles. The Morgan fingerprint density at radius 1 is 1.19 bits per heavy atom. The minimum absolute atomic E-state index is 0. The second-order valence-electron chi connectivity index (χ2n) is 7.56. The van der Waals surface area contributed by atoms with Crippen LogP contribution in [0.4, 0.5) is 0 Å². The number of nitrogens with one attached hydrogen (secondary N) is 2. The lowest BCUT2D eigenvalue weighted by atomic mass is 10.1. The zero-order valence-electron chi connectivity index (χ0n) is 19.6. The molecule has 0 aliphatic carbocycles. The van der Waals surface area contributed by atoms with E-state index in [4.69, 9.17) is 19.2 Å². The van der Waals surface area contributed by atoms with Crippen molar-refractivity contribution in [3.8, 4) is 5.75 Å². The summed E-state index contributed by atoms with van der Waals surface area (Å²) < 4.78 is 16.6. The maximum atomic E-state index is 5.95. The highest BCUT2D eigenvalue weighted by Gasteiger charge is 2.23. The summed E-state index contributed by atoms with van der Waals surface area (Å²) in [6.45, 7) is 13.2. The maximum Gasteiger partial charge on any atom is 0.191 e. The smallest absolute Gasteiger partial charge is 0.191 e. The fourth-order valence-electron chi connectivity index (χ4n) is 3.63. The fraction of sp³-hybridized carbons (Fsp3) is 0.696. The molecule has 1 aromatic rings. The van der Waals surface area contributed by atoms with Gasteiger partial charge in [-0.15, -0.1) is 24.0 Å². The molecule has 31 heavy (non-hydrogen) atoms. The normalized spacial score (nSPS) is 16.8. The quantitative estimate of drug-likeness (QED) is 0.171. The Kier molecular flexibility index (Phi) is 14.9. The molecule has 7 nitrogen and oxygen atoms in total. The Morgan fingerprint density at radius 3 is 2.77 bits per heavy atom. The monoisotopic (exact) mass is 548 g/mol. The molecule has 0 radical (unpaired) electrons. The van der Waals surface area contributed by atoms with E-state index in [0.717, 1.165) is 50.1 Å². The van der Waals surface area contributed by atoms with E-state index in [1.807, 2.05) is 6.92 Å². The van der Waals surface area contributed by atoms with Gasteiger partial charge in [0.1, 0.15) is 12.4 Å². The van der Waals surface area contributed by atoms with Crippen LogP contribution in [0.3, 0.4) is 0 Å². The minimum Gasteiger partial charge on any atom is -0.491 e. The minimum atomic E-state index is 0. The third kappa shape index (κ3) is 10.4. The van der Waals surface area contributed by atoms with Gasteiger partial charge >= 0.3 is 0 Å². The van der Waals surface area contributed by atoms with Crippen LogP contribution in [-0.2, 0) is 16.0 Å². The molecule has 2 rings (SSSR count). The standard InChI is InChI=1S/C23H40N4O3.HI/c1-5-24-23(26-18-21-8-7-11-27(21)12-13-28-4)25-17-20-10-9-19(3)16-22(20)30-15-14-29-6-2;/h9-10,16,21H,5-8,11-15,17-18H2,1-4H3,(H2,24,25,26);1H. The van der Waals surface area contributed by atoms with Crippen molar-refractivity contribution in [2.24, 2.45) is 4.99 Å². The van der Waals surface area contributed by atoms with Crippen LogP contribution in [0.5, 0.6) is 5.75 Å². The van der Waals surface area contributed by atoms with Gasteiger partial charge in [0.15, 0.2) is 5.96 Å². The second kappa shape index (κ2) is 16.5. The van der Waals surface area contributed by atoms with Gasteiger partial charge in [-0.1, -0.05) is 12.1 Å². The molecule has 0 aromatic heterocycles. The van der Waals surface area contributed by atoms with Crippen LogP contribution >= 0.6 is 24.0 Å². The van der Waals surface area contributed by atoms with Gasteiger partial charge in [0.05, 0.1) is 19.8 Å². The van der Waals surface area contributed by atoms with Crippen molar-refractivity contribution in [3.05, 3.63) is 29.3 Å². The predicted molar refractivity (Wildman–Crippen MR) is 138 cm³/mol. The summed E-state index contributed by atoms with van der Waals surface area (Å²) in [6.07, 6.45) is 2.46. The van der Waals surface area contributed by atoms with Crippen molar-refractivity contribution in [3.63, 3.8) is 0 Å². The zero-order chi connectivity index (χ0) is 21.6. The SMILES string of the molecule is CCNC(=NCc1ccc(C)cc1OCCOCC)NCC1CCCN1CCOC.I. The third-order valence-corrected chi connectivity index (χ3v) is 5.25. The first-order valence-corrected chi connectivity index (χ1v) is 11.2. The van der Waals surface area contributed by atoms with E-state index in [2.05, 4.69) is 47.6 Å². The first-order chi connectivity index (χ1) is 14.7. The largest absolute Gasteiger partial charge is 0.491 e. The lowest BCUT2D eigenvalue weighted by Crippen LogP contribution is -2.45. The van der Waals surface area contributed by atoms with E-state index in [1.165, 1.54) is 18.4 Å². The molecule has 8 heteroatoms. The van der Waals surface area contributed by atoms with Crippen LogP contribution in [0.15, 0.2) is 23.2 Å². The number of hydrogen-bond donors (Lipinski definition) is 2. The van der Waals surface area contributed by atoms with E-state index in [9.17, 15) is 0 Å². The molecular weight excluding hydrogens is 507 g/mol. The molecule has 1 aliphatic rings. The molecule has 1 aromatic carbocycles. The van der Waals surface area contributed by atoms with Gasteiger partial charge in [-0.2, -0.15) is 0 Å². The summed E-state index contributed by atoms with van der Waals surface area (Å²) in [5, 5.41) is 6.89. The van der Waals surface area contributed by atoms with E-state index < -0.39 is 0 Å². The number of rotatable bonds is 13. The Balaban J connectivity index is 0.00000480. The van der Waals surface area contributed by atoms with Crippen LogP contribution in [0, 0.1) is 6.92 Å².